The second-order valence-electron chi connectivity index (χ2n) is 11.7. The number of alkyl carbamates (subject to hydrolysis) is 1. The first kappa shape index (κ1) is 34.5. The molecule has 1 aromatic carbocycles. The van der Waals surface area contributed by atoms with Crippen LogP contribution in [-0.2, 0) is 23.1 Å². The van der Waals surface area contributed by atoms with Crippen LogP contribution < -0.4 is 5.32 Å². The fourth-order valence-electron chi connectivity index (χ4n) is 5.04. The molecule has 39 heavy (non-hydrogen) atoms. The zero-order valence-corrected chi connectivity index (χ0v) is 27.7. The monoisotopic (exact) mass is 643 g/mol. The van der Waals surface area contributed by atoms with Crippen LogP contribution in [0.25, 0.3) is 0 Å². The van der Waals surface area contributed by atoms with Crippen molar-refractivity contribution in [3.8, 4) is 0 Å². The minimum atomic E-state index is -2.72. The lowest BCUT2D eigenvalue weighted by molar-refractivity contribution is -0.171. The minimum absolute atomic E-state index is 0.0873. The van der Waals surface area contributed by atoms with Crippen molar-refractivity contribution in [2.45, 2.75) is 97.8 Å². The summed E-state index contributed by atoms with van der Waals surface area (Å²) in [5.41, 5.74) is -0.389. The summed E-state index contributed by atoms with van der Waals surface area (Å²) in [6.45, 7) is 16.3. The molecule has 8 nitrogen and oxygen atoms in total. The van der Waals surface area contributed by atoms with Gasteiger partial charge in [-0.05, 0) is 12.1 Å². The summed E-state index contributed by atoms with van der Waals surface area (Å²) in [7, 11) is -2.72. The van der Waals surface area contributed by atoms with E-state index in [1.165, 1.54) is 11.8 Å². The van der Waals surface area contributed by atoms with Crippen molar-refractivity contribution in [2.75, 3.05) is 13.2 Å². The molecule has 2 aliphatic heterocycles. The highest BCUT2D eigenvalue weighted by molar-refractivity contribution is 7.99. The van der Waals surface area contributed by atoms with Crippen LogP contribution in [0.1, 0.15) is 55.4 Å². The number of carboxylic acids is 1. The number of halogens is 3. The molecule has 5 atom stereocenters. The van der Waals surface area contributed by atoms with E-state index >= 15 is 0 Å². The van der Waals surface area contributed by atoms with Crippen LogP contribution in [0.3, 0.4) is 0 Å². The summed E-state index contributed by atoms with van der Waals surface area (Å²) in [6.07, 6.45) is -1.18. The van der Waals surface area contributed by atoms with Crippen LogP contribution >= 0.6 is 46.6 Å². The first-order valence-electron chi connectivity index (χ1n) is 12.7. The molecule has 0 saturated carbocycles. The zero-order chi connectivity index (χ0) is 29.8. The van der Waals surface area contributed by atoms with Gasteiger partial charge in [-0.1, -0.05) is 113 Å². The maximum absolute atomic E-state index is 12.7. The van der Waals surface area contributed by atoms with Crippen LogP contribution in [-0.4, -0.2) is 66.4 Å². The number of aliphatic carboxylic acids is 1. The van der Waals surface area contributed by atoms with Crippen molar-refractivity contribution >= 4 is 67.2 Å². The Morgan fingerprint density at radius 2 is 1.64 bits per heavy atom. The largest absolute Gasteiger partial charge is 0.481 e. The van der Waals surface area contributed by atoms with Gasteiger partial charge in [-0.3, -0.25) is 4.79 Å². The van der Waals surface area contributed by atoms with Crippen LogP contribution in [0.5, 0.6) is 0 Å². The first-order chi connectivity index (χ1) is 17.8. The van der Waals surface area contributed by atoms with Gasteiger partial charge in [-0.15, -0.1) is 0 Å². The topological polar surface area (TPSA) is 103 Å². The molecule has 0 aromatic heterocycles. The fourth-order valence-corrected chi connectivity index (χ4v) is 11.5. The zero-order valence-electron chi connectivity index (χ0n) is 23.6. The number of hydrogen-bond donors (Lipinski definition) is 2. The molecule has 2 unspecified atom stereocenters. The Bertz CT molecular complexity index is 951. The highest BCUT2D eigenvalue weighted by atomic mass is 35.6. The van der Waals surface area contributed by atoms with Crippen molar-refractivity contribution in [1.82, 2.24) is 5.32 Å². The van der Waals surface area contributed by atoms with Crippen molar-refractivity contribution in [3.63, 3.8) is 0 Å². The van der Waals surface area contributed by atoms with E-state index in [1.54, 1.807) is 0 Å². The lowest BCUT2D eigenvalue weighted by Crippen LogP contribution is -2.70. The van der Waals surface area contributed by atoms with Gasteiger partial charge >= 0.3 is 14.7 Å². The number of alkyl halides is 3. The molecule has 1 amide bonds. The van der Waals surface area contributed by atoms with E-state index in [-0.39, 0.29) is 40.2 Å². The summed E-state index contributed by atoms with van der Waals surface area (Å²) in [4.78, 5) is 22.7. The van der Waals surface area contributed by atoms with Crippen LogP contribution in [0.2, 0.25) is 10.1 Å². The average molecular weight is 645 g/mol. The lowest BCUT2D eigenvalue weighted by atomic mass is 9.90. The third-order valence-corrected chi connectivity index (χ3v) is 13.1. The lowest BCUT2D eigenvalue weighted by Gasteiger charge is -2.58. The Morgan fingerprint density at radius 1 is 1.10 bits per heavy atom. The van der Waals surface area contributed by atoms with E-state index in [0.717, 1.165) is 11.8 Å². The molecule has 2 saturated heterocycles. The molecular weight excluding hydrogens is 605 g/mol. The van der Waals surface area contributed by atoms with E-state index in [1.807, 2.05) is 30.3 Å². The van der Waals surface area contributed by atoms with Crippen LogP contribution in [0.15, 0.2) is 35.2 Å². The molecule has 3 rings (SSSR count). The second-order valence-corrected chi connectivity index (χ2v) is 20.2. The number of carbonyl (C=O) groups excluding carboxylic acids is 1. The number of carbonyl (C=O) groups is 2. The smallest absolute Gasteiger partial charge is 0.407 e. The Hall–Kier alpha value is -0.723. The van der Waals surface area contributed by atoms with Crippen LogP contribution in [0.4, 0.5) is 4.79 Å². The van der Waals surface area contributed by atoms with Crippen molar-refractivity contribution in [3.05, 3.63) is 30.3 Å². The Morgan fingerprint density at radius 3 is 2.13 bits per heavy atom. The molecule has 2 fully saturated rings. The van der Waals surface area contributed by atoms with Gasteiger partial charge in [0.25, 0.3) is 5.97 Å². The fraction of sp³-hybridized carbons (Fsp3) is 0.692. The summed E-state index contributed by atoms with van der Waals surface area (Å²) < 4.78 is 23.6. The average Bonchev–Trinajstić information content (AvgIpc) is 2.78. The molecular formula is C26H40Cl3NO7SSi. The number of rotatable bonds is 4. The summed E-state index contributed by atoms with van der Waals surface area (Å²) in [5, 5.41) is 10.0. The van der Waals surface area contributed by atoms with Gasteiger partial charge in [0.05, 0.1) is 18.8 Å². The number of thioether (sulfide) groups is 1. The van der Waals surface area contributed by atoms with E-state index in [9.17, 15) is 4.79 Å². The molecule has 2 heterocycles. The van der Waals surface area contributed by atoms with E-state index in [2.05, 4.69) is 53.8 Å². The Balaban J connectivity index is 0.00000124. The second kappa shape index (κ2) is 13.5. The molecule has 2 N–H and O–H groups in total. The van der Waals surface area contributed by atoms with Gasteiger partial charge < -0.3 is 28.7 Å². The SMILES string of the molecule is CC(=O)O.C[C@@H]1C(NC(=O)OCC(Cl)(Cl)Cl)[C@H](Sc2ccccc2)OC2CO[Si](C(C)(C)C)(C(C)(C)C)O[C@@H]21. The quantitative estimate of drug-likeness (QED) is 0.263. The number of ether oxygens (including phenoxy) is 2. The number of fused-ring (bicyclic) bond motifs is 1. The molecule has 0 spiro atoms. The predicted molar refractivity (Wildman–Crippen MR) is 158 cm³/mol. The third-order valence-electron chi connectivity index (χ3n) is 6.43. The minimum Gasteiger partial charge on any atom is -0.481 e. The molecule has 2 aliphatic rings. The number of hydrogen-bond acceptors (Lipinski definition) is 7. The number of nitrogens with one attached hydrogen (secondary N) is 1. The highest BCUT2D eigenvalue weighted by Crippen LogP contribution is 2.56. The maximum Gasteiger partial charge on any atom is 0.407 e. The van der Waals surface area contributed by atoms with E-state index in [0.29, 0.717) is 6.61 Å². The van der Waals surface area contributed by atoms with Crippen molar-refractivity contribution in [1.29, 1.82) is 0 Å². The Labute approximate surface area is 252 Å². The first-order valence-corrected chi connectivity index (χ1v) is 16.5. The normalized spacial score (nSPS) is 26.9. The maximum atomic E-state index is 12.7. The Kier molecular flexibility index (Phi) is 11.9. The standard InChI is InChI=1S/C24H36Cl3NO5SSi.C2H4O2/c1-15-18(28-21(29)30-14-24(25,26)27)20(34-16-11-9-8-10-12-16)32-17-13-31-35(22(2,3)4,23(5,6)7)33-19(15)17;1-2(3)4/h8-12,15,17-20H,13-14H2,1-7H3,(H,28,29);1H3,(H,3,4)/t15-,17?,18?,19-,20+;/m1./s1. The molecule has 222 valence electrons. The van der Waals surface area contributed by atoms with E-state index < -0.39 is 30.5 Å². The number of carboxylic acid groups (broad SMARTS) is 1. The highest BCUT2D eigenvalue weighted by Gasteiger charge is 2.64. The summed E-state index contributed by atoms with van der Waals surface area (Å²) in [6, 6.07) is 9.50. The molecule has 13 heteroatoms. The predicted octanol–water partition coefficient (Wildman–Crippen LogP) is 7.15. The van der Waals surface area contributed by atoms with Gasteiger partial charge in [0.15, 0.2) is 0 Å². The molecule has 0 aliphatic carbocycles. The van der Waals surface area contributed by atoms with Gasteiger partial charge in [0, 0.05) is 27.8 Å². The number of amides is 1. The van der Waals surface area contributed by atoms with Crippen molar-refractivity contribution < 1.29 is 33.0 Å². The third kappa shape index (κ3) is 9.39. The van der Waals surface area contributed by atoms with E-state index in [4.69, 9.17) is 63.0 Å². The molecule has 0 radical (unpaired) electrons. The summed E-state index contributed by atoms with van der Waals surface area (Å²) >= 11 is 18.8. The molecule has 1 aromatic rings. The number of benzene rings is 1. The van der Waals surface area contributed by atoms with Gasteiger partial charge in [0.1, 0.15) is 18.1 Å². The van der Waals surface area contributed by atoms with Crippen LogP contribution in [0, 0.1) is 5.92 Å². The molecule has 0 bridgehead atoms. The van der Waals surface area contributed by atoms with Gasteiger partial charge in [-0.2, -0.15) is 0 Å². The van der Waals surface area contributed by atoms with Gasteiger partial charge in [-0.25, -0.2) is 4.79 Å². The van der Waals surface area contributed by atoms with Gasteiger partial charge in [0.2, 0.25) is 3.79 Å². The van der Waals surface area contributed by atoms with Crippen molar-refractivity contribution in [2.24, 2.45) is 5.92 Å². The summed E-state index contributed by atoms with van der Waals surface area (Å²) in [5.74, 6) is -0.921.